The monoisotopic (exact) mass is 506 g/mol. The smallest absolute Gasteiger partial charge is 0.338 e. The van der Waals surface area contributed by atoms with Crippen molar-refractivity contribution in [3.05, 3.63) is 108 Å². The molecule has 0 spiro atoms. The second kappa shape index (κ2) is 12.3. The SMILES string of the molecule is CO[C@@H]1[C@@H](OC(=O)c2ccccc2)[C@H](O)O[C@H]1[C@@H](COC(=O)c1ccccc1)OC(=O)c1ccccc1. The van der Waals surface area contributed by atoms with Crippen LogP contribution in [0.4, 0.5) is 0 Å². The van der Waals surface area contributed by atoms with Crippen molar-refractivity contribution in [1.82, 2.24) is 0 Å². The molecule has 3 aromatic rings. The Hall–Kier alpha value is -4.05. The van der Waals surface area contributed by atoms with E-state index < -0.39 is 55.2 Å². The minimum Gasteiger partial charge on any atom is -0.458 e. The van der Waals surface area contributed by atoms with Crippen molar-refractivity contribution < 1.29 is 43.2 Å². The van der Waals surface area contributed by atoms with E-state index in [1.54, 1.807) is 91.0 Å². The van der Waals surface area contributed by atoms with Crippen LogP contribution in [0, 0.1) is 0 Å². The van der Waals surface area contributed by atoms with Gasteiger partial charge in [-0.05, 0) is 36.4 Å². The van der Waals surface area contributed by atoms with Gasteiger partial charge in [0.15, 0.2) is 18.5 Å². The molecule has 0 aromatic heterocycles. The first-order chi connectivity index (χ1) is 18.0. The van der Waals surface area contributed by atoms with Gasteiger partial charge >= 0.3 is 17.9 Å². The average Bonchev–Trinajstić information content (AvgIpc) is 3.26. The summed E-state index contributed by atoms with van der Waals surface area (Å²) >= 11 is 0. The maximum atomic E-state index is 12.8. The first-order valence-electron chi connectivity index (χ1n) is 11.6. The molecule has 0 amide bonds. The highest BCUT2D eigenvalue weighted by Gasteiger charge is 2.51. The Morgan fingerprint density at radius 3 is 1.76 bits per heavy atom. The van der Waals surface area contributed by atoms with Crippen LogP contribution in [0.25, 0.3) is 0 Å². The topological polar surface area (TPSA) is 118 Å². The van der Waals surface area contributed by atoms with Crippen LogP contribution in [-0.4, -0.2) is 67.4 Å². The van der Waals surface area contributed by atoms with Crippen LogP contribution in [0.2, 0.25) is 0 Å². The first-order valence-corrected chi connectivity index (χ1v) is 11.6. The Bertz CT molecular complexity index is 1180. The summed E-state index contributed by atoms with van der Waals surface area (Å²) in [5.74, 6) is -2.02. The Morgan fingerprint density at radius 2 is 1.24 bits per heavy atom. The summed E-state index contributed by atoms with van der Waals surface area (Å²) in [7, 11) is 1.34. The minimum absolute atomic E-state index is 0.265. The molecule has 0 saturated carbocycles. The standard InChI is InChI=1S/C28H26O9/c1-33-23-22(36-28(32)24(23)37-27(31)20-15-9-4-10-16-20)21(35-26(30)19-13-7-3-8-14-19)17-34-25(29)18-11-5-2-6-12-18/h2-16,21-24,28,32H,17H2,1H3/t21-,22+,23+,24-,28-/m1/s1. The molecule has 9 heteroatoms. The molecule has 0 unspecified atom stereocenters. The van der Waals surface area contributed by atoms with Crippen molar-refractivity contribution in [2.24, 2.45) is 0 Å². The number of carbonyl (C=O) groups is 3. The summed E-state index contributed by atoms with van der Waals surface area (Å²) in [5, 5.41) is 10.6. The number of ether oxygens (including phenoxy) is 5. The number of methoxy groups -OCH3 is 1. The van der Waals surface area contributed by atoms with Crippen molar-refractivity contribution in [3.63, 3.8) is 0 Å². The van der Waals surface area contributed by atoms with Crippen LogP contribution >= 0.6 is 0 Å². The fourth-order valence-electron chi connectivity index (χ4n) is 3.91. The van der Waals surface area contributed by atoms with Gasteiger partial charge in [-0.3, -0.25) is 0 Å². The normalized spacial score (nSPS) is 21.6. The molecule has 1 aliphatic heterocycles. The van der Waals surface area contributed by atoms with Gasteiger partial charge in [0.1, 0.15) is 18.8 Å². The maximum Gasteiger partial charge on any atom is 0.338 e. The Labute approximate surface area is 213 Å². The number of aliphatic hydroxyl groups excluding tert-OH is 1. The average molecular weight is 507 g/mol. The van der Waals surface area contributed by atoms with Crippen molar-refractivity contribution in [2.75, 3.05) is 13.7 Å². The molecule has 4 rings (SSSR count). The van der Waals surface area contributed by atoms with Gasteiger partial charge in [0, 0.05) is 7.11 Å². The van der Waals surface area contributed by atoms with Gasteiger partial charge in [-0.2, -0.15) is 0 Å². The summed E-state index contributed by atoms with van der Waals surface area (Å²) < 4.78 is 27.7. The van der Waals surface area contributed by atoms with E-state index in [1.165, 1.54) is 7.11 Å². The van der Waals surface area contributed by atoms with Crippen molar-refractivity contribution in [1.29, 1.82) is 0 Å². The van der Waals surface area contributed by atoms with Crippen molar-refractivity contribution in [2.45, 2.75) is 30.7 Å². The quantitative estimate of drug-likeness (QED) is 0.345. The lowest BCUT2D eigenvalue weighted by Crippen LogP contribution is -2.46. The highest BCUT2D eigenvalue weighted by molar-refractivity contribution is 5.90. The van der Waals surface area contributed by atoms with E-state index in [4.69, 9.17) is 23.7 Å². The molecule has 1 N–H and O–H groups in total. The molecule has 192 valence electrons. The molecule has 0 aliphatic carbocycles. The highest BCUT2D eigenvalue weighted by Crippen LogP contribution is 2.30. The fourth-order valence-corrected chi connectivity index (χ4v) is 3.91. The lowest BCUT2D eigenvalue weighted by molar-refractivity contribution is -0.153. The van der Waals surface area contributed by atoms with Crippen LogP contribution < -0.4 is 0 Å². The molecule has 1 fully saturated rings. The molecular formula is C28H26O9. The third-order valence-corrected chi connectivity index (χ3v) is 5.77. The Morgan fingerprint density at radius 1 is 0.757 bits per heavy atom. The van der Waals surface area contributed by atoms with E-state index >= 15 is 0 Å². The molecule has 3 aromatic carbocycles. The number of hydrogen-bond acceptors (Lipinski definition) is 9. The summed E-state index contributed by atoms with van der Waals surface area (Å²) in [6.45, 7) is -0.400. The van der Waals surface area contributed by atoms with E-state index in [1.807, 2.05) is 0 Å². The number of rotatable bonds is 9. The molecule has 5 atom stereocenters. The molecule has 37 heavy (non-hydrogen) atoms. The second-order valence-corrected chi connectivity index (χ2v) is 8.20. The van der Waals surface area contributed by atoms with Gasteiger partial charge in [0.05, 0.1) is 16.7 Å². The summed E-state index contributed by atoms with van der Waals surface area (Å²) in [6, 6.07) is 24.8. The summed E-state index contributed by atoms with van der Waals surface area (Å²) in [4.78, 5) is 38.0. The number of carbonyl (C=O) groups excluding carboxylic acids is 3. The van der Waals surface area contributed by atoms with Crippen molar-refractivity contribution in [3.8, 4) is 0 Å². The largest absolute Gasteiger partial charge is 0.458 e. The third kappa shape index (κ3) is 6.39. The van der Waals surface area contributed by atoms with E-state index in [9.17, 15) is 19.5 Å². The van der Waals surface area contributed by atoms with Gasteiger partial charge < -0.3 is 28.8 Å². The second-order valence-electron chi connectivity index (χ2n) is 8.20. The highest BCUT2D eigenvalue weighted by atomic mass is 16.7. The molecule has 9 nitrogen and oxygen atoms in total. The Balaban J connectivity index is 1.53. The van der Waals surface area contributed by atoms with Gasteiger partial charge in [0.2, 0.25) is 0 Å². The van der Waals surface area contributed by atoms with Crippen LogP contribution in [0.5, 0.6) is 0 Å². The van der Waals surface area contributed by atoms with Crippen molar-refractivity contribution >= 4 is 17.9 Å². The lowest BCUT2D eigenvalue weighted by atomic mass is 10.1. The van der Waals surface area contributed by atoms with Crippen LogP contribution in [0.15, 0.2) is 91.0 Å². The van der Waals surface area contributed by atoms with Gasteiger partial charge in [-0.15, -0.1) is 0 Å². The zero-order valence-electron chi connectivity index (χ0n) is 20.0. The summed E-state index contributed by atoms with van der Waals surface area (Å²) in [5.41, 5.74) is 0.847. The summed E-state index contributed by atoms with van der Waals surface area (Å²) in [6.07, 6.45) is -6.16. The number of hydrogen-bond donors (Lipinski definition) is 1. The predicted molar refractivity (Wildman–Crippen MR) is 130 cm³/mol. The van der Waals surface area contributed by atoms with E-state index in [0.29, 0.717) is 5.56 Å². The molecule has 1 heterocycles. The molecular weight excluding hydrogens is 480 g/mol. The first kappa shape index (κ1) is 26.0. The molecule has 1 saturated heterocycles. The van der Waals surface area contributed by atoms with Crippen LogP contribution in [0.1, 0.15) is 31.1 Å². The number of esters is 3. The van der Waals surface area contributed by atoms with Gasteiger partial charge in [-0.25, -0.2) is 14.4 Å². The van der Waals surface area contributed by atoms with Gasteiger partial charge in [-0.1, -0.05) is 54.6 Å². The number of aliphatic hydroxyl groups is 1. The Kier molecular flexibility index (Phi) is 8.63. The minimum atomic E-state index is -1.58. The lowest BCUT2D eigenvalue weighted by Gasteiger charge is -2.27. The van der Waals surface area contributed by atoms with E-state index in [0.717, 1.165) is 0 Å². The molecule has 1 aliphatic rings. The predicted octanol–water partition coefficient (Wildman–Crippen LogP) is 3.03. The van der Waals surface area contributed by atoms with E-state index in [2.05, 4.69) is 0 Å². The molecule has 0 bridgehead atoms. The maximum absolute atomic E-state index is 12.8. The van der Waals surface area contributed by atoms with Crippen LogP contribution in [-0.2, 0) is 23.7 Å². The van der Waals surface area contributed by atoms with E-state index in [-0.39, 0.29) is 11.1 Å². The third-order valence-electron chi connectivity index (χ3n) is 5.77. The van der Waals surface area contributed by atoms with Gasteiger partial charge in [0.25, 0.3) is 0 Å². The molecule has 0 radical (unpaired) electrons. The fraction of sp³-hybridized carbons (Fsp3) is 0.250. The van der Waals surface area contributed by atoms with Crippen LogP contribution in [0.3, 0.4) is 0 Å². The zero-order chi connectivity index (χ0) is 26.2. The number of benzene rings is 3. The zero-order valence-corrected chi connectivity index (χ0v) is 20.0.